The number of nitrogens with zero attached hydrogens (tertiary/aromatic N) is 1. The minimum atomic E-state index is -0.849. The monoisotopic (exact) mass is 391 g/mol. The Kier molecular flexibility index (Phi) is 4.27. The minimum Gasteiger partial charge on any atom is -0.481 e. The van der Waals surface area contributed by atoms with Crippen molar-refractivity contribution in [1.82, 2.24) is 4.57 Å². The first-order chi connectivity index (χ1) is 13.6. The normalized spacial score (nSPS) is 18.4. The van der Waals surface area contributed by atoms with Crippen LogP contribution in [0.15, 0.2) is 58.4 Å². The van der Waals surface area contributed by atoms with Crippen molar-refractivity contribution in [2.24, 2.45) is 0 Å². The van der Waals surface area contributed by atoms with Gasteiger partial charge < -0.3 is 5.11 Å². The van der Waals surface area contributed by atoms with Gasteiger partial charge in [0.25, 0.3) is 5.56 Å². The van der Waals surface area contributed by atoms with E-state index in [0.717, 1.165) is 29.9 Å². The predicted molar refractivity (Wildman–Crippen MR) is 111 cm³/mol. The lowest BCUT2D eigenvalue weighted by molar-refractivity contribution is -0.137. The molecule has 0 saturated heterocycles. The Bertz CT molecular complexity index is 1140. The van der Waals surface area contributed by atoms with Gasteiger partial charge in [-0.25, -0.2) is 0 Å². The molecule has 0 amide bonds. The van der Waals surface area contributed by atoms with Gasteiger partial charge in [0.15, 0.2) is 0 Å². The number of fused-ring (bicyclic) bond motifs is 2. The van der Waals surface area contributed by atoms with Crippen LogP contribution in [0.2, 0.25) is 0 Å². The van der Waals surface area contributed by atoms with Crippen molar-refractivity contribution in [2.75, 3.05) is 5.75 Å². The number of hydrogen-bond acceptors (Lipinski definition) is 3. The first kappa shape index (κ1) is 17.6. The van der Waals surface area contributed by atoms with E-state index in [1.54, 1.807) is 22.4 Å². The lowest BCUT2D eigenvalue weighted by Crippen LogP contribution is -2.26. The molecule has 0 unspecified atom stereocenters. The summed E-state index contributed by atoms with van der Waals surface area (Å²) in [5, 5.41) is 12.7. The van der Waals surface area contributed by atoms with Crippen molar-refractivity contribution in [3.63, 3.8) is 0 Å². The Morgan fingerprint density at radius 1 is 1.11 bits per heavy atom. The average molecular weight is 391 g/mol. The molecule has 28 heavy (non-hydrogen) atoms. The van der Waals surface area contributed by atoms with Crippen LogP contribution in [-0.2, 0) is 11.2 Å². The lowest BCUT2D eigenvalue weighted by atomic mass is 9.95. The highest BCUT2D eigenvalue weighted by Gasteiger charge is 2.35. The van der Waals surface area contributed by atoms with E-state index in [4.69, 9.17) is 0 Å². The first-order valence-electron chi connectivity index (χ1n) is 9.71. The number of thioether (sulfide) groups is 1. The molecule has 3 aromatic rings. The van der Waals surface area contributed by atoms with Crippen molar-refractivity contribution in [3.05, 3.63) is 75.6 Å². The molecule has 0 bridgehead atoms. The van der Waals surface area contributed by atoms with Gasteiger partial charge in [0.2, 0.25) is 0 Å². The summed E-state index contributed by atoms with van der Waals surface area (Å²) in [5.74, 6) is 0.319. The highest BCUT2D eigenvalue weighted by Crippen LogP contribution is 2.49. The van der Waals surface area contributed by atoms with E-state index in [0.29, 0.717) is 11.7 Å². The molecule has 5 heteroatoms. The fourth-order valence-electron chi connectivity index (χ4n) is 4.36. The van der Waals surface area contributed by atoms with Crippen LogP contribution in [0.3, 0.4) is 0 Å². The summed E-state index contributed by atoms with van der Waals surface area (Å²) >= 11 is 1.66. The molecule has 1 aliphatic heterocycles. The van der Waals surface area contributed by atoms with E-state index in [2.05, 4.69) is 36.4 Å². The second-order valence-electron chi connectivity index (χ2n) is 7.75. The smallest absolute Gasteiger partial charge is 0.305 e. The van der Waals surface area contributed by atoms with E-state index in [1.165, 1.54) is 21.9 Å². The van der Waals surface area contributed by atoms with Crippen LogP contribution in [0.4, 0.5) is 0 Å². The molecule has 0 radical (unpaired) electrons. The molecule has 2 aliphatic rings. The number of carboxylic acids is 1. The fourth-order valence-corrected chi connectivity index (χ4v) is 5.81. The molecule has 1 atom stereocenters. The van der Waals surface area contributed by atoms with Crippen molar-refractivity contribution >= 4 is 28.5 Å². The summed E-state index contributed by atoms with van der Waals surface area (Å²) in [6, 6.07) is 16.2. The number of rotatable bonds is 5. The number of carboxylic acid groups (broad SMARTS) is 1. The Morgan fingerprint density at radius 3 is 2.68 bits per heavy atom. The number of benzene rings is 2. The van der Waals surface area contributed by atoms with Crippen LogP contribution in [0.25, 0.3) is 10.8 Å². The average Bonchev–Trinajstić information content (AvgIpc) is 3.42. The highest BCUT2D eigenvalue weighted by atomic mass is 32.2. The summed E-state index contributed by atoms with van der Waals surface area (Å²) in [6.45, 7) is 0. The zero-order chi connectivity index (χ0) is 19.3. The quantitative estimate of drug-likeness (QED) is 0.691. The third-order valence-corrected chi connectivity index (χ3v) is 7.01. The molecule has 1 saturated carbocycles. The summed E-state index contributed by atoms with van der Waals surface area (Å²) in [6.07, 6.45) is 3.04. The highest BCUT2D eigenvalue weighted by molar-refractivity contribution is 7.99. The molecule has 2 aromatic carbocycles. The van der Waals surface area contributed by atoms with Crippen molar-refractivity contribution in [3.8, 4) is 0 Å². The summed E-state index contributed by atoms with van der Waals surface area (Å²) in [7, 11) is 0. The van der Waals surface area contributed by atoms with Crippen molar-refractivity contribution in [1.29, 1.82) is 0 Å². The van der Waals surface area contributed by atoms with Crippen LogP contribution in [0.5, 0.6) is 0 Å². The van der Waals surface area contributed by atoms with E-state index < -0.39 is 5.97 Å². The van der Waals surface area contributed by atoms with Crippen LogP contribution in [0.1, 0.15) is 47.9 Å². The van der Waals surface area contributed by atoms with Crippen LogP contribution < -0.4 is 5.56 Å². The van der Waals surface area contributed by atoms with Crippen LogP contribution in [0, 0.1) is 0 Å². The Morgan fingerprint density at radius 2 is 1.89 bits per heavy atom. The van der Waals surface area contributed by atoms with Gasteiger partial charge in [-0.15, -0.1) is 11.8 Å². The Hall–Kier alpha value is -2.53. The molecule has 1 aromatic heterocycles. The zero-order valence-electron chi connectivity index (χ0n) is 15.4. The second-order valence-corrected chi connectivity index (χ2v) is 8.76. The number of aliphatic carboxylic acids is 1. The molecule has 1 fully saturated rings. The summed E-state index contributed by atoms with van der Waals surface area (Å²) < 4.78 is 1.75. The maximum Gasteiger partial charge on any atom is 0.305 e. The third kappa shape index (κ3) is 3.04. The van der Waals surface area contributed by atoms with Gasteiger partial charge >= 0.3 is 5.97 Å². The van der Waals surface area contributed by atoms with E-state index in [1.807, 2.05) is 6.07 Å². The van der Waals surface area contributed by atoms with Crippen LogP contribution >= 0.6 is 11.8 Å². The predicted octanol–water partition coefficient (Wildman–Crippen LogP) is 4.59. The SMILES string of the molecule is O=C(O)C[C@@H]1CSc2c(C3CC3)c(Cc3cccc4ccccc34)cc(=O)n21. The van der Waals surface area contributed by atoms with E-state index in [-0.39, 0.29) is 18.0 Å². The molecular weight excluding hydrogens is 370 g/mol. The number of carbonyl (C=O) groups is 1. The number of aromatic nitrogens is 1. The van der Waals surface area contributed by atoms with Crippen LogP contribution in [-0.4, -0.2) is 21.4 Å². The number of pyridine rings is 1. The first-order valence-corrected chi connectivity index (χ1v) is 10.7. The largest absolute Gasteiger partial charge is 0.481 e. The van der Waals surface area contributed by atoms with Gasteiger partial charge in [-0.1, -0.05) is 42.5 Å². The van der Waals surface area contributed by atoms with Gasteiger partial charge in [-0.2, -0.15) is 0 Å². The molecular formula is C23H21NO3S. The van der Waals surface area contributed by atoms with Gasteiger partial charge in [0.1, 0.15) is 0 Å². The lowest BCUT2D eigenvalue weighted by Gasteiger charge is -2.17. The molecule has 0 spiro atoms. The summed E-state index contributed by atoms with van der Waals surface area (Å²) in [5.41, 5.74) is 3.56. The summed E-state index contributed by atoms with van der Waals surface area (Å²) in [4.78, 5) is 24.1. The maximum absolute atomic E-state index is 12.9. The Labute approximate surface area is 167 Å². The molecule has 2 heterocycles. The third-order valence-electron chi connectivity index (χ3n) is 5.76. The second kappa shape index (κ2) is 6.82. The van der Waals surface area contributed by atoms with Gasteiger partial charge in [-0.3, -0.25) is 14.2 Å². The van der Waals surface area contributed by atoms with Crippen molar-refractivity contribution in [2.45, 2.75) is 42.7 Å². The standard InChI is InChI=1S/C23H21NO3S/c25-20-11-17(10-16-6-3-5-14-4-1-2-7-19(14)16)22(15-8-9-15)23-24(20)18(13-28-23)12-21(26)27/h1-7,11,15,18H,8-10,12-13H2,(H,26,27)/t18-/m1/s1. The van der Waals surface area contributed by atoms with Crippen molar-refractivity contribution < 1.29 is 9.90 Å². The number of hydrogen-bond donors (Lipinski definition) is 1. The topological polar surface area (TPSA) is 59.3 Å². The molecule has 5 rings (SSSR count). The molecule has 4 nitrogen and oxygen atoms in total. The molecule has 1 N–H and O–H groups in total. The molecule has 142 valence electrons. The Balaban J connectivity index is 1.62. The zero-order valence-corrected chi connectivity index (χ0v) is 16.2. The van der Waals surface area contributed by atoms with Gasteiger partial charge in [0.05, 0.1) is 17.5 Å². The van der Waals surface area contributed by atoms with Gasteiger partial charge in [-0.05, 0) is 52.6 Å². The van der Waals surface area contributed by atoms with E-state index >= 15 is 0 Å². The van der Waals surface area contributed by atoms with Gasteiger partial charge in [0, 0.05) is 11.8 Å². The van der Waals surface area contributed by atoms with E-state index in [9.17, 15) is 14.7 Å². The fraction of sp³-hybridized carbons (Fsp3) is 0.304. The minimum absolute atomic E-state index is 0.00663. The molecule has 1 aliphatic carbocycles. The maximum atomic E-state index is 12.9.